The van der Waals surface area contributed by atoms with Crippen molar-refractivity contribution >= 4 is 11.6 Å². The Kier molecular flexibility index (Phi) is 4.10. The number of halogens is 1. The summed E-state index contributed by atoms with van der Waals surface area (Å²) in [5.41, 5.74) is 1.05. The van der Waals surface area contributed by atoms with E-state index in [2.05, 4.69) is 6.92 Å². The Morgan fingerprint density at radius 2 is 2.08 bits per heavy atom. The van der Waals surface area contributed by atoms with Crippen molar-refractivity contribution in [2.24, 2.45) is 0 Å². The molecule has 72 valence electrons. The maximum absolute atomic E-state index is 9.32. The minimum atomic E-state index is 0.190. The molecule has 0 aliphatic rings. The maximum atomic E-state index is 9.32. The Labute approximate surface area is 84.4 Å². The summed E-state index contributed by atoms with van der Waals surface area (Å²) in [7, 11) is 0. The zero-order valence-corrected chi connectivity index (χ0v) is 8.64. The molecule has 0 aliphatic carbocycles. The predicted octanol–water partition coefficient (Wildman–Crippen LogP) is 3.78. The Bertz CT molecular complexity index is 271. The number of rotatable bonds is 4. The van der Waals surface area contributed by atoms with Crippen molar-refractivity contribution in [1.82, 2.24) is 0 Å². The number of phenols is 1. The summed E-state index contributed by atoms with van der Waals surface area (Å²) in [5, 5.41) is 9.84. The fourth-order valence-corrected chi connectivity index (χ4v) is 1.55. The van der Waals surface area contributed by atoms with Crippen molar-refractivity contribution in [1.29, 1.82) is 0 Å². The lowest BCUT2D eigenvalue weighted by atomic mass is 10.1. The molecule has 0 saturated carbocycles. The van der Waals surface area contributed by atoms with Crippen LogP contribution in [0.4, 0.5) is 0 Å². The second-order valence-electron chi connectivity index (χ2n) is 3.21. The average molecular weight is 199 g/mol. The first-order valence-corrected chi connectivity index (χ1v) is 5.10. The van der Waals surface area contributed by atoms with Crippen LogP contribution in [0.2, 0.25) is 5.02 Å². The quantitative estimate of drug-likeness (QED) is 0.731. The molecule has 1 N–H and O–H groups in total. The number of hydrogen-bond donors (Lipinski definition) is 1. The van der Waals surface area contributed by atoms with Crippen molar-refractivity contribution in [2.45, 2.75) is 32.6 Å². The van der Waals surface area contributed by atoms with Gasteiger partial charge in [0.1, 0.15) is 5.75 Å². The van der Waals surface area contributed by atoms with Crippen LogP contribution in [-0.4, -0.2) is 5.11 Å². The molecule has 0 radical (unpaired) electrons. The van der Waals surface area contributed by atoms with E-state index in [1.807, 2.05) is 12.1 Å². The molecular weight excluding hydrogens is 184 g/mol. The molecule has 0 unspecified atom stereocenters. The SMILES string of the molecule is CCCCCc1cccc(O)c1Cl. The number of aromatic hydroxyl groups is 1. The molecule has 1 nitrogen and oxygen atoms in total. The summed E-state index contributed by atoms with van der Waals surface area (Å²) in [6.07, 6.45) is 4.52. The summed E-state index contributed by atoms with van der Waals surface area (Å²) >= 11 is 5.92. The molecular formula is C11H15ClO. The number of unbranched alkanes of at least 4 members (excludes halogenated alkanes) is 2. The lowest BCUT2D eigenvalue weighted by Crippen LogP contribution is -1.86. The van der Waals surface area contributed by atoms with Gasteiger partial charge in [-0.25, -0.2) is 0 Å². The Hall–Kier alpha value is -0.690. The highest BCUT2D eigenvalue weighted by Gasteiger charge is 2.03. The van der Waals surface area contributed by atoms with Gasteiger partial charge in [-0.05, 0) is 24.5 Å². The van der Waals surface area contributed by atoms with Gasteiger partial charge in [-0.1, -0.05) is 43.5 Å². The van der Waals surface area contributed by atoms with Gasteiger partial charge in [0.25, 0.3) is 0 Å². The highest BCUT2D eigenvalue weighted by atomic mass is 35.5. The first-order chi connectivity index (χ1) is 6.25. The third-order valence-electron chi connectivity index (χ3n) is 2.11. The van der Waals surface area contributed by atoms with Gasteiger partial charge in [0.05, 0.1) is 5.02 Å². The molecule has 0 amide bonds. The van der Waals surface area contributed by atoms with Crippen LogP contribution >= 0.6 is 11.6 Å². The Morgan fingerprint density at radius 1 is 1.31 bits per heavy atom. The van der Waals surface area contributed by atoms with E-state index < -0.39 is 0 Å². The van der Waals surface area contributed by atoms with Crippen LogP contribution in [0, 0.1) is 0 Å². The van der Waals surface area contributed by atoms with E-state index in [4.69, 9.17) is 11.6 Å². The minimum absolute atomic E-state index is 0.190. The predicted molar refractivity (Wildman–Crippen MR) is 56.3 cm³/mol. The summed E-state index contributed by atoms with van der Waals surface area (Å²) in [6.45, 7) is 2.17. The van der Waals surface area contributed by atoms with E-state index in [1.54, 1.807) is 6.07 Å². The van der Waals surface area contributed by atoms with Crippen LogP contribution in [0.1, 0.15) is 31.7 Å². The van der Waals surface area contributed by atoms with E-state index in [0.717, 1.165) is 18.4 Å². The fourth-order valence-electron chi connectivity index (χ4n) is 1.32. The van der Waals surface area contributed by atoms with Crippen LogP contribution in [0.25, 0.3) is 0 Å². The smallest absolute Gasteiger partial charge is 0.134 e. The van der Waals surface area contributed by atoms with Gasteiger partial charge in [0.2, 0.25) is 0 Å². The minimum Gasteiger partial charge on any atom is -0.506 e. The van der Waals surface area contributed by atoms with Crippen molar-refractivity contribution in [2.75, 3.05) is 0 Å². The van der Waals surface area contributed by atoms with Gasteiger partial charge >= 0.3 is 0 Å². The van der Waals surface area contributed by atoms with Crippen molar-refractivity contribution in [3.63, 3.8) is 0 Å². The second-order valence-corrected chi connectivity index (χ2v) is 3.59. The van der Waals surface area contributed by atoms with E-state index in [-0.39, 0.29) is 5.75 Å². The van der Waals surface area contributed by atoms with Gasteiger partial charge < -0.3 is 5.11 Å². The van der Waals surface area contributed by atoms with Crippen LogP contribution in [-0.2, 0) is 6.42 Å². The number of phenolic OH excluding ortho intramolecular Hbond substituents is 1. The molecule has 13 heavy (non-hydrogen) atoms. The molecule has 2 heteroatoms. The first-order valence-electron chi connectivity index (χ1n) is 4.72. The van der Waals surface area contributed by atoms with E-state index in [1.165, 1.54) is 12.8 Å². The molecule has 0 fully saturated rings. The fraction of sp³-hybridized carbons (Fsp3) is 0.455. The third-order valence-corrected chi connectivity index (χ3v) is 2.54. The lowest BCUT2D eigenvalue weighted by Gasteiger charge is -2.04. The Morgan fingerprint density at radius 3 is 2.77 bits per heavy atom. The molecule has 0 aliphatic heterocycles. The molecule has 1 aromatic carbocycles. The van der Waals surface area contributed by atoms with Crippen LogP contribution < -0.4 is 0 Å². The summed E-state index contributed by atoms with van der Waals surface area (Å²) in [6, 6.07) is 5.42. The number of aryl methyl sites for hydroxylation is 1. The molecule has 0 bridgehead atoms. The van der Waals surface area contributed by atoms with Crippen LogP contribution in [0.15, 0.2) is 18.2 Å². The maximum Gasteiger partial charge on any atom is 0.134 e. The zero-order chi connectivity index (χ0) is 9.68. The number of hydrogen-bond acceptors (Lipinski definition) is 1. The highest BCUT2D eigenvalue weighted by Crippen LogP contribution is 2.27. The topological polar surface area (TPSA) is 20.2 Å². The monoisotopic (exact) mass is 198 g/mol. The van der Waals surface area contributed by atoms with Crippen molar-refractivity contribution < 1.29 is 5.11 Å². The summed E-state index contributed by atoms with van der Waals surface area (Å²) < 4.78 is 0. The highest BCUT2D eigenvalue weighted by molar-refractivity contribution is 6.32. The zero-order valence-electron chi connectivity index (χ0n) is 7.89. The Balaban J connectivity index is 2.61. The van der Waals surface area contributed by atoms with E-state index in [0.29, 0.717) is 5.02 Å². The molecule has 0 atom stereocenters. The molecule has 0 saturated heterocycles. The average Bonchev–Trinajstić information content (AvgIpc) is 2.13. The van der Waals surface area contributed by atoms with Crippen molar-refractivity contribution in [3.8, 4) is 5.75 Å². The van der Waals surface area contributed by atoms with E-state index >= 15 is 0 Å². The third kappa shape index (κ3) is 2.92. The van der Waals surface area contributed by atoms with Gasteiger partial charge in [-0.2, -0.15) is 0 Å². The summed E-state index contributed by atoms with van der Waals surface area (Å²) in [5.74, 6) is 0.190. The second kappa shape index (κ2) is 5.13. The first kappa shape index (κ1) is 10.4. The lowest BCUT2D eigenvalue weighted by molar-refractivity contribution is 0.474. The molecule has 1 rings (SSSR count). The standard InChI is InChI=1S/C11H15ClO/c1-2-3-4-6-9-7-5-8-10(13)11(9)12/h5,7-8,13H,2-4,6H2,1H3. The van der Waals surface area contributed by atoms with Gasteiger partial charge in [0.15, 0.2) is 0 Å². The van der Waals surface area contributed by atoms with Gasteiger partial charge in [0, 0.05) is 0 Å². The van der Waals surface area contributed by atoms with Crippen molar-refractivity contribution in [3.05, 3.63) is 28.8 Å². The van der Waals surface area contributed by atoms with Gasteiger partial charge in [-0.3, -0.25) is 0 Å². The normalized spacial score (nSPS) is 10.3. The molecule has 0 aromatic heterocycles. The van der Waals surface area contributed by atoms with Crippen LogP contribution in [0.3, 0.4) is 0 Å². The largest absolute Gasteiger partial charge is 0.506 e. The van der Waals surface area contributed by atoms with Crippen LogP contribution in [0.5, 0.6) is 5.75 Å². The molecule has 1 aromatic rings. The van der Waals surface area contributed by atoms with E-state index in [9.17, 15) is 5.11 Å². The number of benzene rings is 1. The molecule has 0 heterocycles. The van der Waals surface area contributed by atoms with Gasteiger partial charge in [-0.15, -0.1) is 0 Å². The molecule has 0 spiro atoms. The summed E-state index contributed by atoms with van der Waals surface area (Å²) in [4.78, 5) is 0.